The van der Waals surface area contributed by atoms with E-state index in [1.54, 1.807) is 0 Å². The molecule has 1 heterocycles. The van der Waals surface area contributed by atoms with Crippen LogP contribution in [0, 0.1) is 0 Å². The van der Waals surface area contributed by atoms with Gasteiger partial charge in [0.15, 0.2) is 0 Å². The summed E-state index contributed by atoms with van der Waals surface area (Å²) in [4.78, 5) is 26.1. The lowest BCUT2D eigenvalue weighted by Gasteiger charge is -2.23. The van der Waals surface area contributed by atoms with E-state index in [1.807, 2.05) is 30.5 Å². The average Bonchev–Trinajstić information content (AvgIpc) is 2.81. The Hall–Kier alpha value is -2.05. The first-order valence-electron chi connectivity index (χ1n) is 6.67. The van der Waals surface area contributed by atoms with E-state index in [9.17, 15) is 9.59 Å². The number of H-pyrrole nitrogens is 1. The van der Waals surface area contributed by atoms with Crippen molar-refractivity contribution >= 4 is 35.2 Å². The number of nitrogens with two attached hydrogens (primary N) is 1. The second-order valence-electron chi connectivity index (χ2n) is 5.59. The summed E-state index contributed by atoms with van der Waals surface area (Å²) in [5.41, 5.74) is 6.46. The number of carbonyl (C=O) groups is 2. The minimum absolute atomic E-state index is 0. The molecule has 0 spiro atoms. The van der Waals surface area contributed by atoms with Gasteiger partial charge in [0, 0.05) is 17.1 Å². The van der Waals surface area contributed by atoms with Crippen molar-refractivity contribution in [3.05, 3.63) is 36.0 Å². The molecule has 2 aromatic rings. The number of carbonyl (C=O) groups excluding carboxylic acids is 1. The molecule has 2 rings (SSSR count). The highest BCUT2D eigenvalue weighted by molar-refractivity contribution is 5.90. The van der Waals surface area contributed by atoms with Gasteiger partial charge >= 0.3 is 5.97 Å². The fourth-order valence-electron chi connectivity index (χ4n) is 2.08. The number of hydrogen-bond acceptors (Lipinski definition) is 3. The minimum Gasteiger partial charge on any atom is -0.480 e. The third-order valence-electron chi connectivity index (χ3n) is 3.42. The van der Waals surface area contributed by atoms with E-state index in [0.717, 1.165) is 16.5 Å². The van der Waals surface area contributed by atoms with Gasteiger partial charge in [-0.3, -0.25) is 4.79 Å². The molecule has 0 aliphatic heterocycles. The lowest BCUT2D eigenvalue weighted by molar-refractivity contribution is -0.146. The monoisotopic (exact) mass is 325 g/mol. The maximum Gasteiger partial charge on any atom is 0.328 e. The highest BCUT2D eigenvalue weighted by Crippen LogP contribution is 2.18. The molecular formula is C15H20ClN3O3. The van der Waals surface area contributed by atoms with Crippen LogP contribution in [-0.2, 0) is 16.0 Å². The molecule has 1 atom stereocenters. The number of fused-ring (bicyclic) bond motifs is 1. The molecule has 0 aliphatic rings. The van der Waals surface area contributed by atoms with E-state index in [4.69, 9.17) is 10.8 Å². The molecular weight excluding hydrogens is 306 g/mol. The number of rotatable bonds is 5. The Morgan fingerprint density at radius 1 is 1.36 bits per heavy atom. The van der Waals surface area contributed by atoms with Gasteiger partial charge in [0.25, 0.3) is 0 Å². The van der Waals surface area contributed by atoms with Crippen LogP contribution in [0.15, 0.2) is 30.5 Å². The number of para-hydroxylation sites is 1. The molecule has 5 N–H and O–H groups in total. The van der Waals surface area contributed by atoms with Crippen LogP contribution in [-0.4, -0.2) is 33.5 Å². The van der Waals surface area contributed by atoms with Gasteiger partial charge in [0.2, 0.25) is 5.91 Å². The number of aromatic amines is 1. The zero-order valence-electron chi connectivity index (χ0n) is 12.4. The number of amides is 1. The molecule has 6 nitrogen and oxygen atoms in total. The molecule has 22 heavy (non-hydrogen) atoms. The minimum atomic E-state index is -1.34. The van der Waals surface area contributed by atoms with Crippen LogP contribution in [0.5, 0.6) is 0 Å². The zero-order valence-corrected chi connectivity index (χ0v) is 13.2. The van der Waals surface area contributed by atoms with Crippen LogP contribution in [0.4, 0.5) is 0 Å². The van der Waals surface area contributed by atoms with Gasteiger partial charge in [0.1, 0.15) is 5.54 Å². The Morgan fingerprint density at radius 2 is 2.00 bits per heavy atom. The Labute approximate surface area is 134 Å². The predicted octanol–water partition coefficient (Wildman–Crippen LogP) is 1.44. The Kier molecular flexibility index (Phi) is 5.57. The largest absolute Gasteiger partial charge is 0.480 e. The van der Waals surface area contributed by atoms with E-state index in [-0.39, 0.29) is 12.4 Å². The number of benzene rings is 1. The van der Waals surface area contributed by atoms with Crippen LogP contribution >= 0.6 is 12.4 Å². The van der Waals surface area contributed by atoms with E-state index >= 15 is 0 Å². The summed E-state index contributed by atoms with van der Waals surface area (Å²) in [6.07, 6.45) is 2.16. The van der Waals surface area contributed by atoms with Crippen molar-refractivity contribution in [3.63, 3.8) is 0 Å². The number of aromatic nitrogens is 1. The van der Waals surface area contributed by atoms with E-state index in [1.165, 1.54) is 13.8 Å². The molecule has 0 saturated heterocycles. The van der Waals surface area contributed by atoms with E-state index in [2.05, 4.69) is 10.3 Å². The van der Waals surface area contributed by atoms with Crippen LogP contribution in [0.25, 0.3) is 10.9 Å². The highest BCUT2D eigenvalue weighted by Gasteiger charge is 2.30. The lowest BCUT2D eigenvalue weighted by atomic mass is 10.0. The summed E-state index contributed by atoms with van der Waals surface area (Å²) in [6, 6.07) is 6.93. The van der Waals surface area contributed by atoms with Crippen molar-refractivity contribution in [1.82, 2.24) is 10.3 Å². The van der Waals surface area contributed by atoms with Gasteiger partial charge in [-0.1, -0.05) is 18.2 Å². The molecule has 1 amide bonds. The van der Waals surface area contributed by atoms with Crippen molar-refractivity contribution in [2.45, 2.75) is 31.8 Å². The van der Waals surface area contributed by atoms with Gasteiger partial charge in [-0.05, 0) is 31.9 Å². The van der Waals surface area contributed by atoms with Gasteiger partial charge in [-0.15, -0.1) is 12.4 Å². The van der Waals surface area contributed by atoms with Crippen molar-refractivity contribution in [1.29, 1.82) is 0 Å². The smallest absolute Gasteiger partial charge is 0.328 e. The maximum absolute atomic E-state index is 12.0. The first-order chi connectivity index (χ1) is 9.81. The lowest BCUT2D eigenvalue weighted by Crippen LogP contribution is -2.55. The molecule has 0 radical (unpaired) electrons. The third-order valence-corrected chi connectivity index (χ3v) is 3.42. The fraction of sp³-hybridized carbons (Fsp3) is 0.333. The fourth-order valence-corrected chi connectivity index (χ4v) is 2.08. The number of carboxylic acid groups (broad SMARTS) is 1. The first kappa shape index (κ1) is 18.0. The number of carboxylic acids is 1. The van der Waals surface area contributed by atoms with Crippen LogP contribution in [0.3, 0.4) is 0 Å². The Morgan fingerprint density at radius 3 is 2.64 bits per heavy atom. The molecule has 1 aromatic heterocycles. The van der Waals surface area contributed by atoms with Gasteiger partial charge in [0.05, 0.1) is 6.04 Å². The number of aliphatic carboxylic acids is 1. The summed E-state index contributed by atoms with van der Waals surface area (Å²) in [5, 5.41) is 12.5. The molecule has 120 valence electrons. The molecule has 0 bridgehead atoms. The summed E-state index contributed by atoms with van der Waals surface area (Å²) in [7, 11) is 0. The van der Waals surface area contributed by atoms with Crippen LogP contribution < -0.4 is 11.1 Å². The van der Waals surface area contributed by atoms with Gasteiger partial charge < -0.3 is 21.1 Å². The third kappa shape index (κ3) is 3.78. The molecule has 0 aliphatic carbocycles. The normalized spacial score (nSPS) is 12.5. The van der Waals surface area contributed by atoms with Gasteiger partial charge in [-0.2, -0.15) is 0 Å². The molecule has 7 heteroatoms. The van der Waals surface area contributed by atoms with Crippen LogP contribution in [0.1, 0.15) is 19.4 Å². The average molecular weight is 326 g/mol. The quantitative estimate of drug-likeness (QED) is 0.667. The summed E-state index contributed by atoms with van der Waals surface area (Å²) >= 11 is 0. The number of nitrogens with one attached hydrogen (secondary N) is 2. The zero-order chi connectivity index (χ0) is 15.6. The second kappa shape index (κ2) is 6.81. The van der Waals surface area contributed by atoms with Crippen molar-refractivity contribution in [2.24, 2.45) is 5.73 Å². The SMILES string of the molecule is CC(C)(NC(=O)[C@H](N)Cc1c[nH]c2ccccc12)C(=O)O.Cl. The standard InChI is InChI=1S/C15H19N3O3.ClH/c1-15(2,14(20)21)18-13(19)11(16)7-9-8-17-12-6-4-3-5-10(9)12;/h3-6,8,11,17H,7,16H2,1-2H3,(H,18,19)(H,20,21);1H/t11-;/m1./s1. The summed E-state index contributed by atoms with van der Waals surface area (Å²) in [5.74, 6) is -1.58. The Balaban J connectivity index is 0.00000242. The molecule has 0 fully saturated rings. The molecule has 0 saturated carbocycles. The summed E-state index contributed by atoms with van der Waals surface area (Å²) < 4.78 is 0. The number of hydrogen-bond donors (Lipinski definition) is 4. The predicted molar refractivity (Wildman–Crippen MR) is 87.1 cm³/mol. The molecule has 0 unspecified atom stereocenters. The Bertz CT molecular complexity index is 681. The highest BCUT2D eigenvalue weighted by atomic mass is 35.5. The number of halogens is 1. The van der Waals surface area contributed by atoms with Crippen molar-refractivity contribution in [3.8, 4) is 0 Å². The van der Waals surface area contributed by atoms with E-state index in [0.29, 0.717) is 6.42 Å². The van der Waals surface area contributed by atoms with E-state index < -0.39 is 23.5 Å². The summed E-state index contributed by atoms with van der Waals surface area (Å²) in [6.45, 7) is 2.84. The van der Waals surface area contributed by atoms with Crippen molar-refractivity contribution in [2.75, 3.05) is 0 Å². The molecule has 1 aromatic carbocycles. The second-order valence-corrected chi connectivity index (χ2v) is 5.59. The topological polar surface area (TPSA) is 108 Å². The first-order valence-corrected chi connectivity index (χ1v) is 6.67. The van der Waals surface area contributed by atoms with Gasteiger partial charge in [-0.25, -0.2) is 4.79 Å². The maximum atomic E-state index is 12.0. The van der Waals surface area contributed by atoms with Crippen LogP contribution in [0.2, 0.25) is 0 Å². The van der Waals surface area contributed by atoms with Crippen molar-refractivity contribution < 1.29 is 14.7 Å².